The van der Waals surface area contributed by atoms with E-state index in [2.05, 4.69) is 10.6 Å². The van der Waals surface area contributed by atoms with Gasteiger partial charge in [0.15, 0.2) is 0 Å². The molecule has 0 aliphatic carbocycles. The van der Waals surface area contributed by atoms with Crippen molar-refractivity contribution in [3.63, 3.8) is 0 Å². The molecule has 1 aromatic rings. The van der Waals surface area contributed by atoms with Crippen LogP contribution in [0.15, 0.2) is 30.3 Å². The van der Waals surface area contributed by atoms with Gasteiger partial charge in [-0.3, -0.25) is 5.32 Å². The quantitative estimate of drug-likeness (QED) is 0.875. The minimum absolute atomic E-state index is 0.441. The summed E-state index contributed by atoms with van der Waals surface area (Å²) < 4.78 is 5.20. The number of anilines is 1. The highest BCUT2D eigenvalue weighted by atomic mass is 16.6. The summed E-state index contributed by atoms with van der Waals surface area (Å²) in [5, 5.41) is 5.75. The van der Waals surface area contributed by atoms with E-state index < -0.39 is 11.7 Å². The van der Waals surface area contributed by atoms with Crippen molar-refractivity contribution in [3.8, 4) is 0 Å². The van der Waals surface area contributed by atoms with Gasteiger partial charge in [0.05, 0.1) is 0 Å². The van der Waals surface area contributed by atoms with Gasteiger partial charge in [-0.1, -0.05) is 24.3 Å². The molecule has 0 bridgehead atoms. The Kier molecular flexibility index (Phi) is 5.57. The van der Waals surface area contributed by atoms with Gasteiger partial charge in [-0.2, -0.15) is 0 Å². The second kappa shape index (κ2) is 6.95. The van der Waals surface area contributed by atoms with Crippen molar-refractivity contribution >= 4 is 17.9 Å². The lowest BCUT2D eigenvalue weighted by atomic mass is 10.2. The lowest BCUT2D eigenvalue weighted by molar-refractivity contribution is 0.0636. The van der Waals surface area contributed by atoms with E-state index in [1.54, 1.807) is 0 Å². The zero-order valence-electron chi connectivity index (χ0n) is 12.0. The number of hydrogen-bond acceptors (Lipinski definition) is 3. The summed E-state index contributed by atoms with van der Waals surface area (Å²) in [5.74, 6) is 0. The first kappa shape index (κ1) is 15.2. The minimum Gasteiger partial charge on any atom is -0.444 e. The summed E-state index contributed by atoms with van der Waals surface area (Å²) in [5.41, 5.74) is 1.26. The average Bonchev–Trinajstić information content (AvgIpc) is 2.27. The molecule has 0 aromatic heterocycles. The van der Waals surface area contributed by atoms with E-state index >= 15 is 0 Å². The van der Waals surface area contributed by atoms with Crippen molar-refractivity contribution in [2.45, 2.75) is 26.4 Å². The van der Waals surface area contributed by atoms with E-state index in [0.29, 0.717) is 0 Å². The molecule has 0 saturated carbocycles. The molecule has 0 unspecified atom stereocenters. The lowest BCUT2D eigenvalue weighted by Gasteiger charge is -2.19. The molecular weight excluding hydrogens is 240 g/mol. The van der Waals surface area contributed by atoms with Crippen LogP contribution in [0.5, 0.6) is 0 Å². The standard InChI is InChI=1S/C15H22N2O2/c1-15(2,3)19-14(18)17-13-9-5-7-12(11-13)8-6-10-16-4/h5-9,11,16H,10H2,1-4H3,(H,17,18). The summed E-state index contributed by atoms with van der Waals surface area (Å²) >= 11 is 0. The van der Waals surface area contributed by atoms with Crippen LogP contribution in [0, 0.1) is 0 Å². The first-order valence-corrected chi connectivity index (χ1v) is 6.32. The van der Waals surface area contributed by atoms with Crippen LogP contribution in [0.1, 0.15) is 26.3 Å². The van der Waals surface area contributed by atoms with Crippen LogP contribution in [0.3, 0.4) is 0 Å². The SMILES string of the molecule is CNCC=Cc1cccc(NC(=O)OC(C)(C)C)c1. The van der Waals surface area contributed by atoms with Gasteiger partial charge >= 0.3 is 6.09 Å². The van der Waals surface area contributed by atoms with Gasteiger partial charge in [-0.25, -0.2) is 4.79 Å². The van der Waals surface area contributed by atoms with Crippen molar-refractivity contribution in [3.05, 3.63) is 35.9 Å². The first-order valence-electron chi connectivity index (χ1n) is 6.32. The van der Waals surface area contributed by atoms with E-state index in [4.69, 9.17) is 4.74 Å². The van der Waals surface area contributed by atoms with Crippen molar-refractivity contribution in [1.82, 2.24) is 5.32 Å². The molecule has 2 N–H and O–H groups in total. The van der Waals surface area contributed by atoms with Crippen LogP contribution in [-0.2, 0) is 4.74 Å². The molecule has 4 nitrogen and oxygen atoms in total. The predicted octanol–water partition coefficient (Wildman–Crippen LogP) is 3.27. The van der Waals surface area contributed by atoms with E-state index in [0.717, 1.165) is 17.8 Å². The zero-order chi connectivity index (χ0) is 14.3. The molecule has 4 heteroatoms. The summed E-state index contributed by atoms with van der Waals surface area (Å²) in [6, 6.07) is 7.60. The number of likely N-dealkylation sites (N-methyl/N-ethyl adjacent to an activating group) is 1. The molecule has 0 aliphatic heterocycles. The third-order valence-corrected chi connectivity index (χ3v) is 2.16. The fraction of sp³-hybridized carbons (Fsp3) is 0.400. The molecule has 1 aromatic carbocycles. The fourth-order valence-electron chi connectivity index (χ4n) is 1.45. The summed E-state index contributed by atoms with van der Waals surface area (Å²) in [7, 11) is 1.89. The van der Waals surface area contributed by atoms with Crippen molar-refractivity contribution in [2.75, 3.05) is 18.9 Å². The molecule has 0 aliphatic rings. The maximum absolute atomic E-state index is 11.6. The van der Waals surface area contributed by atoms with Gasteiger partial charge in [0.2, 0.25) is 0 Å². The Hall–Kier alpha value is -1.81. The Morgan fingerprint density at radius 2 is 2.11 bits per heavy atom. The summed E-state index contributed by atoms with van der Waals surface area (Å²) in [6.45, 7) is 6.32. The molecule has 19 heavy (non-hydrogen) atoms. The Balaban J connectivity index is 2.64. The molecule has 0 radical (unpaired) electrons. The molecule has 1 amide bonds. The van der Waals surface area contributed by atoms with Crippen molar-refractivity contribution in [2.24, 2.45) is 0 Å². The van der Waals surface area contributed by atoms with Crippen LogP contribution in [0.4, 0.5) is 10.5 Å². The number of ether oxygens (including phenoxy) is 1. The van der Waals surface area contributed by atoms with Gasteiger partial charge in [0, 0.05) is 12.2 Å². The number of nitrogens with one attached hydrogen (secondary N) is 2. The molecular formula is C15H22N2O2. The lowest BCUT2D eigenvalue weighted by Crippen LogP contribution is -2.27. The van der Waals surface area contributed by atoms with Gasteiger partial charge < -0.3 is 10.1 Å². The van der Waals surface area contributed by atoms with Crippen LogP contribution in [-0.4, -0.2) is 25.3 Å². The van der Waals surface area contributed by atoms with E-state index in [-0.39, 0.29) is 0 Å². The Morgan fingerprint density at radius 3 is 2.74 bits per heavy atom. The van der Waals surface area contributed by atoms with Gasteiger partial charge in [-0.15, -0.1) is 0 Å². The molecule has 104 valence electrons. The Labute approximate surface area is 114 Å². The molecule has 0 saturated heterocycles. The molecule has 0 spiro atoms. The van der Waals surface area contributed by atoms with Gasteiger partial charge in [0.25, 0.3) is 0 Å². The van der Waals surface area contributed by atoms with E-state index in [1.807, 2.05) is 64.2 Å². The van der Waals surface area contributed by atoms with Crippen LogP contribution < -0.4 is 10.6 Å². The maximum atomic E-state index is 11.6. The summed E-state index contributed by atoms with van der Waals surface area (Å²) in [4.78, 5) is 11.6. The third kappa shape index (κ3) is 6.62. The zero-order valence-corrected chi connectivity index (χ0v) is 12.0. The van der Waals surface area contributed by atoms with E-state index in [1.165, 1.54) is 0 Å². The number of rotatable bonds is 4. The number of amides is 1. The van der Waals surface area contributed by atoms with E-state index in [9.17, 15) is 4.79 Å². The number of carbonyl (C=O) groups excluding carboxylic acids is 1. The van der Waals surface area contributed by atoms with Crippen LogP contribution in [0.25, 0.3) is 6.08 Å². The van der Waals surface area contributed by atoms with Crippen LogP contribution >= 0.6 is 0 Å². The highest BCUT2D eigenvalue weighted by molar-refractivity contribution is 5.85. The smallest absolute Gasteiger partial charge is 0.412 e. The van der Waals surface area contributed by atoms with Crippen LogP contribution in [0.2, 0.25) is 0 Å². The Bertz CT molecular complexity index is 448. The molecule has 1 rings (SSSR count). The third-order valence-electron chi connectivity index (χ3n) is 2.16. The fourth-order valence-corrected chi connectivity index (χ4v) is 1.45. The first-order chi connectivity index (χ1) is 8.90. The number of benzene rings is 1. The monoisotopic (exact) mass is 262 g/mol. The topological polar surface area (TPSA) is 50.4 Å². The second-order valence-corrected chi connectivity index (χ2v) is 5.21. The van der Waals surface area contributed by atoms with Gasteiger partial charge in [0.1, 0.15) is 5.60 Å². The second-order valence-electron chi connectivity index (χ2n) is 5.21. The summed E-state index contributed by atoms with van der Waals surface area (Å²) in [6.07, 6.45) is 3.58. The normalized spacial score (nSPS) is 11.6. The molecule has 0 heterocycles. The van der Waals surface area contributed by atoms with Crippen molar-refractivity contribution < 1.29 is 9.53 Å². The van der Waals surface area contributed by atoms with Gasteiger partial charge in [-0.05, 0) is 45.5 Å². The predicted molar refractivity (Wildman–Crippen MR) is 79.3 cm³/mol. The molecule has 0 atom stereocenters. The maximum Gasteiger partial charge on any atom is 0.412 e. The minimum atomic E-state index is -0.492. The largest absolute Gasteiger partial charge is 0.444 e. The average molecular weight is 262 g/mol. The number of hydrogen-bond donors (Lipinski definition) is 2. The highest BCUT2D eigenvalue weighted by Crippen LogP contribution is 2.14. The Morgan fingerprint density at radius 1 is 1.37 bits per heavy atom. The number of carbonyl (C=O) groups is 1. The van der Waals surface area contributed by atoms with Crippen molar-refractivity contribution in [1.29, 1.82) is 0 Å². The molecule has 0 fully saturated rings. The highest BCUT2D eigenvalue weighted by Gasteiger charge is 2.15.